The Morgan fingerprint density at radius 1 is 1.53 bits per heavy atom. The average Bonchev–Trinajstić information content (AvgIpc) is 2.32. The lowest BCUT2D eigenvalue weighted by Gasteiger charge is -2.28. The fourth-order valence-electron chi connectivity index (χ4n) is 1.85. The first-order valence-electron chi connectivity index (χ1n) is 6.10. The number of carbonyl (C=O) groups excluding carboxylic acids is 1. The van der Waals surface area contributed by atoms with Crippen molar-refractivity contribution in [2.75, 3.05) is 26.7 Å². The summed E-state index contributed by atoms with van der Waals surface area (Å²) in [5.74, 6) is 0.784. The summed E-state index contributed by atoms with van der Waals surface area (Å²) in [7, 11) is 1.87. The molecular formula is C13H19N3O. The van der Waals surface area contributed by atoms with Gasteiger partial charge in [0.05, 0.1) is 0 Å². The molecule has 4 heteroatoms. The van der Waals surface area contributed by atoms with Gasteiger partial charge in [0.1, 0.15) is 0 Å². The van der Waals surface area contributed by atoms with E-state index < -0.39 is 0 Å². The van der Waals surface area contributed by atoms with Crippen molar-refractivity contribution in [3.8, 4) is 0 Å². The summed E-state index contributed by atoms with van der Waals surface area (Å²) in [5, 5.41) is 3.18. The topological polar surface area (TPSA) is 45.2 Å². The monoisotopic (exact) mass is 233 g/mol. The number of nitrogens with zero attached hydrogens (tertiary/aromatic N) is 2. The van der Waals surface area contributed by atoms with E-state index in [2.05, 4.69) is 10.3 Å². The van der Waals surface area contributed by atoms with E-state index in [1.807, 2.05) is 30.1 Å². The molecule has 1 aliphatic heterocycles. The zero-order valence-electron chi connectivity index (χ0n) is 10.2. The van der Waals surface area contributed by atoms with Crippen LogP contribution in [0.15, 0.2) is 24.4 Å². The number of likely N-dealkylation sites (N-methyl/N-ethyl adjacent to an activating group) is 1. The molecule has 0 bridgehead atoms. The summed E-state index contributed by atoms with van der Waals surface area (Å²) in [6, 6.07) is 5.88. The van der Waals surface area contributed by atoms with Gasteiger partial charge >= 0.3 is 0 Å². The Labute approximate surface area is 102 Å². The summed E-state index contributed by atoms with van der Waals surface area (Å²) in [6.45, 7) is 2.72. The molecule has 0 radical (unpaired) electrons. The summed E-state index contributed by atoms with van der Waals surface area (Å²) < 4.78 is 0. The van der Waals surface area contributed by atoms with Crippen molar-refractivity contribution in [1.29, 1.82) is 0 Å². The van der Waals surface area contributed by atoms with Crippen LogP contribution in [0.5, 0.6) is 0 Å². The number of carbonyl (C=O) groups is 1. The second kappa shape index (κ2) is 5.77. The van der Waals surface area contributed by atoms with Crippen LogP contribution in [0.25, 0.3) is 0 Å². The zero-order valence-corrected chi connectivity index (χ0v) is 10.2. The lowest BCUT2D eigenvalue weighted by Crippen LogP contribution is -2.45. The summed E-state index contributed by atoms with van der Waals surface area (Å²) in [5.41, 5.74) is 1.04. The first kappa shape index (κ1) is 12.0. The van der Waals surface area contributed by atoms with E-state index in [9.17, 15) is 4.79 Å². The second-order valence-corrected chi connectivity index (χ2v) is 4.61. The molecule has 1 amide bonds. The largest absolute Gasteiger partial charge is 0.345 e. The summed E-state index contributed by atoms with van der Waals surface area (Å²) in [6.07, 6.45) is 3.29. The Kier molecular flexibility index (Phi) is 4.09. The van der Waals surface area contributed by atoms with Crippen LogP contribution in [0.3, 0.4) is 0 Å². The number of rotatable bonds is 5. The predicted octanol–water partition coefficient (Wildman–Crippen LogP) is 0.692. The number of pyridine rings is 1. The number of hydrogen-bond donors (Lipinski definition) is 1. The Morgan fingerprint density at radius 3 is 2.94 bits per heavy atom. The Hall–Kier alpha value is -1.42. The molecule has 4 nitrogen and oxygen atoms in total. The lowest BCUT2D eigenvalue weighted by atomic mass is 9.99. The highest BCUT2D eigenvalue weighted by Gasteiger charge is 2.21. The van der Waals surface area contributed by atoms with Crippen LogP contribution in [0.2, 0.25) is 0 Å². The maximum atomic E-state index is 11.8. The fourth-order valence-corrected chi connectivity index (χ4v) is 1.85. The van der Waals surface area contributed by atoms with Gasteiger partial charge in [-0.05, 0) is 31.1 Å². The number of amides is 1. The Balaban J connectivity index is 1.72. The Bertz CT molecular complexity index is 362. The molecule has 0 unspecified atom stereocenters. The SMILES string of the molecule is CN(CCc1ccccn1)C(=O)CC1CNC1. The van der Waals surface area contributed by atoms with E-state index in [0.29, 0.717) is 12.3 Å². The second-order valence-electron chi connectivity index (χ2n) is 4.61. The third-order valence-corrected chi connectivity index (χ3v) is 3.18. The highest BCUT2D eigenvalue weighted by molar-refractivity contribution is 5.76. The molecule has 2 heterocycles. The van der Waals surface area contributed by atoms with Gasteiger partial charge in [0.2, 0.25) is 5.91 Å². The molecule has 0 aromatic carbocycles. The third kappa shape index (κ3) is 3.53. The molecule has 2 rings (SSSR count). The van der Waals surface area contributed by atoms with Crippen LogP contribution in [0.4, 0.5) is 0 Å². The molecular weight excluding hydrogens is 214 g/mol. The van der Waals surface area contributed by atoms with E-state index >= 15 is 0 Å². The molecule has 0 spiro atoms. The van der Waals surface area contributed by atoms with Crippen LogP contribution >= 0.6 is 0 Å². The van der Waals surface area contributed by atoms with Crippen molar-refractivity contribution < 1.29 is 4.79 Å². The van der Waals surface area contributed by atoms with Crippen molar-refractivity contribution in [3.05, 3.63) is 30.1 Å². The van der Waals surface area contributed by atoms with Gasteiger partial charge in [-0.2, -0.15) is 0 Å². The van der Waals surface area contributed by atoms with Crippen LogP contribution in [-0.2, 0) is 11.2 Å². The van der Waals surface area contributed by atoms with Crippen molar-refractivity contribution in [2.45, 2.75) is 12.8 Å². The molecule has 17 heavy (non-hydrogen) atoms. The predicted molar refractivity (Wildman–Crippen MR) is 66.6 cm³/mol. The van der Waals surface area contributed by atoms with Gasteiger partial charge < -0.3 is 10.2 Å². The molecule has 92 valence electrons. The number of aromatic nitrogens is 1. The quantitative estimate of drug-likeness (QED) is 0.814. The van der Waals surface area contributed by atoms with Gasteiger partial charge in [0.15, 0.2) is 0 Å². The van der Waals surface area contributed by atoms with Crippen molar-refractivity contribution >= 4 is 5.91 Å². The summed E-state index contributed by atoms with van der Waals surface area (Å²) in [4.78, 5) is 17.9. The van der Waals surface area contributed by atoms with E-state index in [4.69, 9.17) is 0 Å². The molecule has 0 saturated carbocycles. The van der Waals surface area contributed by atoms with Gasteiger partial charge in [-0.1, -0.05) is 6.07 Å². The molecule has 1 aliphatic rings. The highest BCUT2D eigenvalue weighted by atomic mass is 16.2. The van der Waals surface area contributed by atoms with Gasteiger partial charge in [-0.3, -0.25) is 9.78 Å². The average molecular weight is 233 g/mol. The maximum absolute atomic E-state index is 11.8. The van der Waals surface area contributed by atoms with E-state index in [1.54, 1.807) is 6.20 Å². The van der Waals surface area contributed by atoms with E-state index in [0.717, 1.165) is 31.7 Å². The van der Waals surface area contributed by atoms with Crippen LogP contribution in [0, 0.1) is 5.92 Å². The minimum atomic E-state index is 0.243. The first-order valence-corrected chi connectivity index (χ1v) is 6.10. The molecule has 1 fully saturated rings. The fraction of sp³-hybridized carbons (Fsp3) is 0.538. The van der Waals surface area contributed by atoms with Gasteiger partial charge in [0.25, 0.3) is 0 Å². The smallest absolute Gasteiger partial charge is 0.222 e. The van der Waals surface area contributed by atoms with Crippen molar-refractivity contribution in [2.24, 2.45) is 5.92 Å². The minimum absolute atomic E-state index is 0.243. The van der Waals surface area contributed by atoms with Gasteiger partial charge in [-0.15, -0.1) is 0 Å². The normalized spacial score (nSPS) is 15.4. The van der Waals surface area contributed by atoms with Gasteiger partial charge in [-0.25, -0.2) is 0 Å². The highest BCUT2D eigenvalue weighted by Crippen LogP contribution is 2.10. The molecule has 1 saturated heterocycles. The number of hydrogen-bond acceptors (Lipinski definition) is 3. The Morgan fingerprint density at radius 2 is 2.35 bits per heavy atom. The van der Waals surface area contributed by atoms with Gasteiger partial charge in [0, 0.05) is 38.3 Å². The molecule has 1 aromatic rings. The third-order valence-electron chi connectivity index (χ3n) is 3.18. The minimum Gasteiger partial charge on any atom is -0.345 e. The summed E-state index contributed by atoms with van der Waals surface area (Å²) >= 11 is 0. The first-order chi connectivity index (χ1) is 8.25. The lowest BCUT2D eigenvalue weighted by molar-refractivity contribution is -0.131. The maximum Gasteiger partial charge on any atom is 0.222 e. The molecule has 1 N–H and O–H groups in total. The van der Waals surface area contributed by atoms with E-state index in [-0.39, 0.29) is 5.91 Å². The molecule has 0 atom stereocenters. The van der Waals surface area contributed by atoms with Crippen LogP contribution in [0.1, 0.15) is 12.1 Å². The molecule has 0 aliphatic carbocycles. The van der Waals surface area contributed by atoms with Crippen molar-refractivity contribution in [1.82, 2.24) is 15.2 Å². The molecule has 1 aromatic heterocycles. The van der Waals surface area contributed by atoms with Crippen molar-refractivity contribution in [3.63, 3.8) is 0 Å². The van der Waals surface area contributed by atoms with Crippen LogP contribution < -0.4 is 5.32 Å². The van der Waals surface area contributed by atoms with E-state index in [1.165, 1.54) is 0 Å². The number of nitrogens with one attached hydrogen (secondary N) is 1. The zero-order chi connectivity index (χ0) is 12.1. The van der Waals surface area contributed by atoms with Crippen LogP contribution in [-0.4, -0.2) is 42.5 Å². The standard InChI is InChI=1S/C13H19N3O/c1-16(13(17)8-11-9-14-10-11)7-5-12-4-2-3-6-15-12/h2-4,6,11,14H,5,7-10H2,1H3.